The molecule has 0 aliphatic carbocycles. The van der Waals surface area contributed by atoms with Gasteiger partial charge in [-0.3, -0.25) is 4.79 Å². The first-order chi connectivity index (χ1) is 9.47. The first-order valence-corrected chi connectivity index (χ1v) is 6.40. The molecule has 1 amide bonds. The van der Waals surface area contributed by atoms with Gasteiger partial charge in [-0.15, -0.1) is 0 Å². The number of hydrogen-bond acceptors (Lipinski definition) is 2. The standard InChI is InChI=1S/C15H13ClFNO2/c1-9(10-2-4-11(16)5-3-10)18-15(20)13-7-6-12(17)8-14(13)19/h2-9,19H,1H3,(H,18,20). The number of phenolic OH excluding ortho intramolecular Hbond substituents is 1. The molecule has 2 aromatic carbocycles. The van der Waals surface area contributed by atoms with E-state index in [9.17, 15) is 14.3 Å². The molecule has 0 aliphatic rings. The lowest BCUT2D eigenvalue weighted by Crippen LogP contribution is -2.26. The van der Waals surface area contributed by atoms with Crippen molar-refractivity contribution in [2.75, 3.05) is 0 Å². The van der Waals surface area contributed by atoms with E-state index in [1.165, 1.54) is 6.07 Å². The summed E-state index contributed by atoms with van der Waals surface area (Å²) < 4.78 is 12.9. The van der Waals surface area contributed by atoms with Crippen LogP contribution >= 0.6 is 11.6 Å². The lowest BCUT2D eigenvalue weighted by atomic mass is 10.1. The number of benzene rings is 2. The van der Waals surface area contributed by atoms with E-state index in [2.05, 4.69) is 5.32 Å². The molecule has 2 N–H and O–H groups in total. The Balaban J connectivity index is 2.13. The zero-order valence-electron chi connectivity index (χ0n) is 10.7. The van der Waals surface area contributed by atoms with E-state index in [0.29, 0.717) is 5.02 Å². The Labute approximate surface area is 121 Å². The van der Waals surface area contributed by atoms with E-state index in [1.54, 1.807) is 24.3 Å². The molecule has 1 atom stereocenters. The molecule has 0 bridgehead atoms. The van der Waals surface area contributed by atoms with E-state index < -0.39 is 11.7 Å². The average Bonchev–Trinajstić information content (AvgIpc) is 2.39. The van der Waals surface area contributed by atoms with Crippen LogP contribution in [0.15, 0.2) is 42.5 Å². The highest BCUT2D eigenvalue weighted by molar-refractivity contribution is 6.30. The normalized spacial score (nSPS) is 11.9. The van der Waals surface area contributed by atoms with E-state index in [1.807, 2.05) is 6.92 Å². The minimum atomic E-state index is -0.593. The van der Waals surface area contributed by atoms with Gasteiger partial charge in [0.05, 0.1) is 11.6 Å². The number of aromatic hydroxyl groups is 1. The number of amides is 1. The van der Waals surface area contributed by atoms with Crippen LogP contribution in [-0.4, -0.2) is 11.0 Å². The predicted molar refractivity (Wildman–Crippen MR) is 75.4 cm³/mol. The Kier molecular flexibility index (Phi) is 4.25. The molecule has 5 heteroatoms. The number of carbonyl (C=O) groups excluding carboxylic acids is 1. The molecule has 1 unspecified atom stereocenters. The molecule has 0 spiro atoms. The fraction of sp³-hybridized carbons (Fsp3) is 0.133. The number of nitrogens with one attached hydrogen (secondary N) is 1. The molecule has 2 rings (SSSR count). The van der Waals surface area contributed by atoms with Gasteiger partial charge in [-0.1, -0.05) is 23.7 Å². The van der Waals surface area contributed by atoms with Crippen molar-refractivity contribution in [2.45, 2.75) is 13.0 Å². The highest BCUT2D eigenvalue weighted by atomic mass is 35.5. The lowest BCUT2D eigenvalue weighted by Gasteiger charge is -2.15. The Morgan fingerprint density at radius 1 is 1.25 bits per heavy atom. The van der Waals surface area contributed by atoms with Gasteiger partial charge in [-0.2, -0.15) is 0 Å². The van der Waals surface area contributed by atoms with Crippen molar-refractivity contribution in [3.63, 3.8) is 0 Å². The van der Waals surface area contributed by atoms with Gasteiger partial charge in [0.1, 0.15) is 11.6 Å². The van der Waals surface area contributed by atoms with Crippen molar-refractivity contribution in [2.24, 2.45) is 0 Å². The summed E-state index contributed by atoms with van der Waals surface area (Å²) in [6.07, 6.45) is 0. The molecular formula is C15H13ClFNO2. The van der Waals surface area contributed by atoms with Gasteiger partial charge in [-0.05, 0) is 36.8 Å². The summed E-state index contributed by atoms with van der Waals surface area (Å²) in [6.45, 7) is 1.81. The molecular weight excluding hydrogens is 281 g/mol. The Hall–Kier alpha value is -2.07. The zero-order valence-corrected chi connectivity index (χ0v) is 11.5. The Morgan fingerprint density at radius 3 is 2.50 bits per heavy atom. The number of phenols is 1. The second kappa shape index (κ2) is 5.92. The van der Waals surface area contributed by atoms with E-state index in [0.717, 1.165) is 17.7 Å². The molecule has 104 valence electrons. The molecule has 0 aromatic heterocycles. The molecule has 3 nitrogen and oxygen atoms in total. The van der Waals surface area contributed by atoms with Gasteiger partial charge in [0.15, 0.2) is 0 Å². The van der Waals surface area contributed by atoms with Crippen molar-refractivity contribution < 1.29 is 14.3 Å². The summed E-state index contributed by atoms with van der Waals surface area (Å²) in [7, 11) is 0. The van der Waals surface area contributed by atoms with Crippen molar-refractivity contribution in [1.29, 1.82) is 0 Å². The molecule has 20 heavy (non-hydrogen) atoms. The maximum atomic E-state index is 12.9. The maximum absolute atomic E-state index is 12.9. The van der Waals surface area contributed by atoms with Crippen LogP contribution in [0, 0.1) is 5.82 Å². The Morgan fingerprint density at radius 2 is 1.90 bits per heavy atom. The van der Waals surface area contributed by atoms with Gasteiger partial charge in [0.2, 0.25) is 0 Å². The minimum Gasteiger partial charge on any atom is -0.507 e. The van der Waals surface area contributed by atoms with Gasteiger partial charge in [0.25, 0.3) is 5.91 Å². The summed E-state index contributed by atoms with van der Waals surface area (Å²) in [5, 5.41) is 12.9. The third-order valence-electron chi connectivity index (χ3n) is 2.92. The van der Waals surface area contributed by atoms with Gasteiger partial charge in [0, 0.05) is 11.1 Å². The largest absolute Gasteiger partial charge is 0.507 e. The number of rotatable bonds is 3. The number of hydrogen-bond donors (Lipinski definition) is 2. The highest BCUT2D eigenvalue weighted by Crippen LogP contribution is 2.20. The van der Waals surface area contributed by atoms with Crippen molar-refractivity contribution in [3.05, 3.63) is 64.4 Å². The first-order valence-electron chi connectivity index (χ1n) is 6.02. The topological polar surface area (TPSA) is 49.3 Å². The summed E-state index contributed by atoms with van der Waals surface area (Å²) in [5.74, 6) is -1.44. The fourth-order valence-electron chi connectivity index (χ4n) is 1.81. The van der Waals surface area contributed by atoms with Crippen LogP contribution in [0.25, 0.3) is 0 Å². The molecule has 0 aliphatic heterocycles. The predicted octanol–water partition coefficient (Wildman–Crippen LogP) is 3.68. The fourth-order valence-corrected chi connectivity index (χ4v) is 1.93. The molecule has 0 fully saturated rings. The van der Waals surface area contributed by atoms with Crippen LogP contribution in [0.2, 0.25) is 5.02 Å². The zero-order chi connectivity index (χ0) is 14.7. The molecule has 0 saturated carbocycles. The van der Waals surface area contributed by atoms with Gasteiger partial charge >= 0.3 is 0 Å². The first kappa shape index (κ1) is 14.3. The molecule has 0 heterocycles. The van der Waals surface area contributed by atoms with Gasteiger partial charge in [-0.25, -0.2) is 4.39 Å². The van der Waals surface area contributed by atoms with E-state index in [4.69, 9.17) is 11.6 Å². The van der Waals surface area contributed by atoms with Crippen molar-refractivity contribution in [1.82, 2.24) is 5.32 Å². The second-order valence-electron chi connectivity index (χ2n) is 4.41. The van der Waals surface area contributed by atoms with Crippen molar-refractivity contribution in [3.8, 4) is 5.75 Å². The maximum Gasteiger partial charge on any atom is 0.255 e. The van der Waals surface area contributed by atoms with Crippen LogP contribution in [0.3, 0.4) is 0 Å². The molecule has 2 aromatic rings. The van der Waals surface area contributed by atoms with Crippen molar-refractivity contribution >= 4 is 17.5 Å². The summed E-state index contributed by atoms with van der Waals surface area (Å²) in [6, 6.07) is 10.1. The third kappa shape index (κ3) is 3.27. The van der Waals surface area contributed by atoms with Crippen LogP contribution in [0.4, 0.5) is 4.39 Å². The van der Waals surface area contributed by atoms with Gasteiger partial charge < -0.3 is 10.4 Å². The van der Waals surface area contributed by atoms with E-state index >= 15 is 0 Å². The van der Waals surface area contributed by atoms with Crippen LogP contribution in [0.5, 0.6) is 5.75 Å². The summed E-state index contributed by atoms with van der Waals surface area (Å²) in [5.41, 5.74) is 0.913. The number of halogens is 2. The lowest BCUT2D eigenvalue weighted by molar-refractivity contribution is 0.0937. The minimum absolute atomic E-state index is 0.0345. The Bertz CT molecular complexity index is 628. The SMILES string of the molecule is CC(NC(=O)c1ccc(F)cc1O)c1ccc(Cl)cc1. The highest BCUT2D eigenvalue weighted by Gasteiger charge is 2.15. The smallest absolute Gasteiger partial charge is 0.255 e. The molecule has 0 saturated heterocycles. The average molecular weight is 294 g/mol. The van der Waals surface area contributed by atoms with Crippen LogP contribution < -0.4 is 5.32 Å². The monoisotopic (exact) mass is 293 g/mol. The van der Waals surface area contributed by atoms with Crippen LogP contribution in [0.1, 0.15) is 28.9 Å². The molecule has 0 radical (unpaired) electrons. The second-order valence-corrected chi connectivity index (χ2v) is 4.84. The quantitative estimate of drug-likeness (QED) is 0.907. The summed E-state index contributed by atoms with van der Waals surface area (Å²) >= 11 is 5.80. The van der Waals surface area contributed by atoms with E-state index in [-0.39, 0.29) is 17.4 Å². The summed E-state index contributed by atoms with van der Waals surface area (Å²) in [4.78, 5) is 12.0. The third-order valence-corrected chi connectivity index (χ3v) is 3.17. The number of carbonyl (C=O) groups is 1. The van der Waals surface area contributed by atoms with Crippen LogP contribution in [-0.2, 0) is 0 Å².